The monoisotopic (exact) mass is 312 g/mol. The largest absolute Gasteiger partial charge is 0.328 e. The van der Waals surface area contributed by atoms with Crippen LogP contribution in [0.2, 0.25) is 4.34 Å². The first kappa shape index (κ1) is 12.9. The standard InChI is InChI=1S/C12H13ClN4S2/c1-6-10-11(16(3)15-6)17(12(18)14-10)7(2)8-4-5-9(13)19-8/h4-5,7H,1-3H3,(H,14,18). The smallest absolute Gasteiger partial charge is 0.179 e. The van der Waals surface area contributed by atoms with Crippen molar-refractivity contribution < 1.29 is 0 Å². The van der Waals surface area contributed by atoms with Crippen molar-refractivity contribution in [3.8, 4) is 0 Å². The van der Waals surface area contributed by atoms with Gasteiger partial charge in [-0.25, -0.2) is 0 Å². The van der Waals surface area contributed by atoms with Gasteiger partial charge in [-0.05, 0) is 38.2 Å². The quantitative estimate of drug-likeness (QED) is 0.725. The molecule has 3 aromatic heterocycles. The molecule has 1 unspecified atom stereocenters. The van der Waals surface area contributed by atoms with Crippen LogP contribution in [-0.4, -0.2) is 19.3 Å². The Hall–Kier alpha value is -1.11. The van der Waals surface area contributed by atoms with E-state index in [1.54, 1.807) is 11.3 Å². The zero-order valence-electron chi connectivity index (χ0n) is 10.8. The number of fused-ring (bicyclic) bond motifs is 1. The molecular weight excluding hydrogens is 300 g/mol. The van der Waals surface area contributed by atoms with Gasteiger partial charge < -0.3 is 4.98 Å². The van der Waals surface area contributed by atoms with E-state index in [1.165, 1.54) is 4.88 Å². The van der Waals surface area contributed by atoms with E-state index in [1.807, 2.05) is 30.8 Å². The van der Waals surface area contributed by atoms with Gasteiger partial charge in [-0.1, -0.05) is 11.6 Å². The van der Waals surface area contributed by atoms with E-state index in [4.69, 9.17) is 23.8 Å². The molecule has 0 aliphatic carbocycles. The number of thiophene rings is 1. The van der Waals surface area contributed by atoms with Crippen molar-refractivity contribution >= 4 is 46.3 Å². The minimum absolute atomic E-state index is 0.133. The molecule has 19 heavy (non-hydrogen) atoms. The zero-order chi connectivity index (χ0) is 13.7. The molecule has 0 saturated heterocycles. The van der Waals surface area contributed by atoms with Gasteiger partial charge in [-0.3, -0.25) is 9.25 Å². The average molecular weight is 313 g/mol. The number of hydrogen-bond acceptors (Lipinski definition) is 3. The van der Waals surface area contributed by atoms with E-state index in [9.17, 15) is 0 Å². The summed E-state index contributed by atoms with van der Waals surface area (Å²) in [6, 6.07) is 4.09. The highest BCUT2D eigenvalue weighted by Crippen LogP contribution is 2.31. The molecule has 0 aromatic carbocycles. The van der Waals surface area contributed by atoms with Crippen molar-refractivity contribution in [1.29, 1.82) is 0 Å². The van der Waals surface area contributed by atoms with E-state index >= 15 is 0 Å². The Morgan fingerprint density at radius 2 is 2.21 bits per heavy atom. The molecule has 0 amide bonds. The summed E-state index contributed by atoms with van der Waals surface area (Å²) in [6.07, 6.45) is 0. The second kappa shape index (κ2) is 4.47. The summed E-state index contributed by atoms with van der Waals surface area (Å²) >= 11 is 13.0. The van der Waals surface area contributed by atoms with Crippen molar-refractivity contribution in [2.75, 3.05) is 0 Å². The molecular formula is C12H13ClN4S2. The van der Waals surface area contributed by atoms with Crippen molar-refractivity contribution in [2.45, 2.75) is 19.9 Å². The minimum atomic E-state index is 0.133. The van der Waals surface area contributed by atoms with Crippen LogP contribution < -0.4 is 0 Å². The number of halogens is 1. The summed E-state index contributed by atoms with van der Waals surface area (Å²) < 4.78 is 5.46. The first-order valence-electron chi connectivity index (χ1n) is 5.88. The number of nitrogens with one attached hydrogen (secondary N) is 1. The topological polar surface area (TPSA) is 38.5 Å². The molecule has 0 saturated carbocycles. The van der Waals surface area contributed by atoms with Gasteiger partial charge in [0.2, 0.25) is 0 Å². The van der Waals surface area contributed by atoms with Gasteiger partial charge in [0.05, 0.1) is 16.1 Å². The van der Waals surface area contributed by atoms with Crippen LogP contribution >= 0.6 is 35.2 Å². The highest BCUT2D eigenvalue weighted by atomic mass is 35.5. The number of rotatable bonds is 2. The fourth-order valence-electron chi connectivity index (χ4n) is 2.37. The van der Waals surface area contributed by atoms with Gasteiger partial charge in [0.1, 0.15) is 5.52 Å². The number of H-pyrrole nitrogens is 1. The summed E-state index contributed by atoms with van der Waals surface area (Å²) in [5, 5.41) is 4.43. The normalized spacial score (nSPS) is 13.3. The van der Waals surface area contributed by atoms with Crippen molar-refractivity contribution in [2.24, 2.45) is 7.05 Å². The van der Waals surface area contributed by atoms with Crippen LogP contribution in [0.3, 0.4) is 0 Å². The fraction of sp³-hybridized carbons (Fsp3) is 0.333. The van der Waals surface area contributed by atoms with E-state index < -0.39 is 0 Å². The average Bonchev–Trinajstić information content (AvgIpc) is 2.97. The number of aromatic nitrogens is 4. The van der Waals surface area contributed by atoms with Crippen molar-refractivity contribution in [1.82, 2.24) is 19.3 Å². The molecule has 1 atom stereocenters. The van der Waals surface area contributed by atoms with Crippen LogP contribution in [0, 0.1) is 11.7 Å². The lowest BCUT2D eigenvalue weighted by Gasteiger charge is -2.12. The van der Waals surface area contributed by atoms with E-state index in [-0.39, 0.29) is 6.04 Å². The Labute approximate surface area is 124 Å². The van der Waals surface area contributed by atoms with E-state index in [0.717, 1.165) is 21.2 Å². The molecule has 3 heterocycles. The predicted molar refractivity (Wildman–Crippen MR) is 81.8 cm³/mol. The molecule has 3 aromatic rings. The molecule has 3 rings (SSSR count). The fourth-order valence-corrected chi connectivity index (χ4v) is 3.82. The highest BCUT2D eigenvalue weighted by Gasteiger charge is 2.19. The van der Waals surface area contributed by atoms with Crippen LogP contribution in [0.15, 0.2) is 12.1 Å². The molecule has 0 bridgehead atoms. The molecule has 4 nitrogen and oxygen atoms in total. The third-order valence-electron chi connectivity index (χ3n) is 3.26. The van der Waals surface area contributed by atoms with Gasteiger partial charge in [0.15, 0.2) is 10.4 Å². The maximum absolute atomic E-state index is 6.02. The van der Waals surface area contributed by atoms with Crippen LogP contribution in [0.25, 0.3) is 11.2 Å². The number of aromatic amines is 1. The summed E-state index contributed by atoms with van der Waals surface area (Å²) in [7, 11) is 1.93. The minimum Gasteiger partial charge on any atom is -0.328 e. The summed E-state index contributed by atoms with van der Waals surface area (Å²) in [4.78, 5) is 4.42. The molecule has 0 spiro atoms. The van der Waals surface area contributed by atoms with Crippen molar-refractivity contribution in [3.63, 3.8) is 0 Å². The SMILES string of the molecule is Cc1nn(C)c2c1[nH]c(=S)n2C(C)c1ccc(Cl)s1. The molecule has 0 aliphatic rings. The first-order chi connectivity index (χ1) is 8.99. The van der Waals surface area contributed by atoms with Crippen LogP contribution in [0.4, 0.5) is 0 Å². The third-order valence-corrected chi connectivity index (χ3v) is 4.96. The Kier molecular flexibility index (Phi) is 3.03. The zero-order valence-corrected chi connectivity index (χ0v) is 13.2. The lowest BCUT2D eigenvalue weighted by molar-refractivity contribution is 0.629. The molecule has 0 radical (unpaired) electrons. The van der Waals surface area contributed by atoms with Gasteiger partial charge >= 0.3 is 0 Å². The lowest BCUT2D eigenvalue weighted by atomic mass is 10.3. The number of hydrogen-bond donors (Lipinski definition) is 1. The predicted octanol–water partition coefficient (Wildman–Crippen LogP) is 4.07. The van der Waals surface area contributed by atoms with Gasteiger partial charge in [-0.15, -0.1) is 11.3 Å². The van der Waals surface area contributed by atoms with Crippen molar-refractivity contribution in [3.05, 3.63) is 31.8 Å². The van der Waals surface area contributed by atoms with Crippen LogP contribution in [0.1, 0.15) is 23.5 Å². The Balaban J connectivity index is 2.25. The molecule has 0 fully saturated rings. The second-order valence-corrected chi connectivity index (χ2v) is 6.66. The lowest BCUT2D eigenvalue weighted by Crippen LogP contribution is -2.08. The summed E-state index contributed by atoms with van der Waals surface area (Å²) in [5.41, 5.74) is 2.97. The second-order valence-electron chi connectivity index (χ2n) is 4.53. The van der Waals surface area contributed by atoms with Gasteiger partial charge in [-0.2, -0.15) is 5.10 Å². The molecule has 1 N–H and O–H groups in total. The van der Waals surface area contributed by atoms with Crippen LogP contribution in [0.5, 0.6) is 0 Å². The van der Waals surface area contributed by atoms with Gasteiger partial charge in [0.25, 0.3) is 0 Å². The maximum atomic E-state index is 6.02. The Morgan fingerprint density at radius 1 is 1.47 bits per heavy atom. The maximum Gasteiger partial charge on any atom is 0.179 e. The van der Waals surface area contributed by atoms with Crippen LogP contribution in [-0.2, 0) is 7.05 Å². The molecule has 7 heteroatoms. The molecule has 0 aliphatic heterocycles. The first-order valence-corrected chi connectivity index (χ1v) is 7.48. The van der Waals surface area contributed by atoms with E-state index in [2.05, 4.69) is 21.6 Å². The molecule has 100 valence electrons. The highest BCUT2D eigenvalue weighted by molar-refractivity contribution is 7.71. The number of aryl methyl sites for hydroxylation is 2. The summed E-state index contributed by atoms with van der Waals surface area (Å²) in [6.45, 7) is 4.10. The van der Waals surface area contributed by atoms with Gasteiger partial charge in [0, 0.05) is 11.9 Å². The third kappa shape index (κ3) is 1.94. The number of nitrogens with zero attached hydrogens (tertiary/aromatic N) is 3. The van der Waals surface area contributed by atoms with E-state index in [0.29, 0.717) is 4.77 Å². The number of imidazole rings is 1. The summed E-state index contributed by atoms with van der Waals surface area (Å²) in [5.74, 6) is 0. The Bertz CT molecular complexity index is 808. The Morgan fingerprint density at radius 3 is 2.84 bits per heavy atom.